The van der Waals surface area contributed by atoms with E-state index in [0.29, 0.717) is 36.8 Å². The molecule has 8 heteroatoms. The molecule has 0 aliphatic carbocycles. The van der Waals surface area contributed by atoms with E-state index in [1.165, 1.54) is 0 Å². The maximum Gasteiger partial charge on any atom is 0.231 e. The zero-order chi connectivity index (χ0) is 26.0. The first-order valence-electron chi connectivity index (χ1n) is 12.3. The van der Waals surface area contributed by atoms with E-state index in [0.717, 1.165) is 33.6 Å². The summed E-state index contributed by atoms with van der Waals surface area (Å²) in [6, 6.07) is 17.2. The minimum atomic E-state index is -3.45. The minimum absolute atomic E-state index is 0.0329. The van der Waals surface area contributed by atoms with Crippen molar-refractivity contribution in [2.75, 3.05) is 26.2 Å². The Kier molecular flexibility index (Phi) is 7.13. The smallest absolute Gasteiger partial charge is 0.231 e. The number of fused-ring (bicyclic) bond motifs is 2. The van der Waals surface area contributed by atoms with Crippen molar-refractivity contribution in [2.24, 2.45) is 0 Å². The highest BCUT2D eigenvalue weighted by molar-refractivity contribution is 7.89. The predicted molar refractivity (Wildman–Crippen MR) is 143 cm³/mol. The number of hydrogen-bond donors (Lipinski definition) is 0. The van der Waals surface area contributed by atoms with Gasteiger partial charge in [-0.2, -0.15) is 4.31 Å². The van der Waals surface area contributed by atoms with Crippen LogP contribution >= 0.6 is 0 Å². The lowest BCUT2D eigenvalue weighted by Crippen LogP contribution is -2.40. The van der Waals surface area contributed by atoms with Crippen molar-refractivity contribution in [2.45, 2.75) is 32.9 Å². The van der Waals surface area contributed by atoms with Gasteiger partial charge in [0.2, 0.25) is 16.8 Å². The Morgan fingerprint density at radius 3 is 2.54 bits per heavy atom. The summed E-state index contributed by atoms with van der Waals surface area (Å²) in [5.41, 5.74) is 4.95. The fourth-order valence-electron chi connectivity index (χ4n) is 4.75. The topological polar surface area (TPSA) is 74.3 Å². The summed E-state index contributed by atoms with van der Waals surface area (Å²) in [5, 5.41) is 0. The fourth-order valence-corrected chi connectivity index (χ4v) is 5.98. The zero-order valence-corrected chi connectivity index (χ0v) is 22.1. The van der Waals surface area contributed by atoms with E-state index < -0.39 is 16.1 Å². The Morgan fingerprint density at radius 1 is 1.05 bits per heavy atom. The van der Waals surface area contributed by atoms with Gasteiger partial charge in [0.1, 0.15) is 6.61 Å². The molecular weight excluding hydrogens is 490 g/mol. The largest absolute Gasteiger partial charge is 0.493 e. The molecule has 3 aromatic rings. The van der Waals surface area contributed by atoms with Crippen molar-refractivity contribution in [3.05, 3.63) is 88.5 Å². The predicted octanol–water partition coefficient (Wildman–Crippen LogP) is 5.27. The van der Waals surface area contributed by atoms with Gasteiger partial charge in [0.15, 0.2) is 23.0 Å². The molecule has 5 rings (SSSR count). The van der Waals surface area contributed by atoms with E-state index >= 15 is 0 Å². The second kappa shape index (κ2) is 10.5. The second-order valence-electron chi connectivity index (χ2n) is 9.10. The van der Waals surface area contributed by atoms with Crippen molar-refractivity contribution in [3.8, 4) is 23.0 Å². The quantitative estimate of drug-likeness (QED) is 0.402. The standard InChI is InChI=1S/C29H31NO6S/c1-4-37(31,32)30-13-12-23-16-28(34-18-21-8-6-5-7-9-21)26(33-3)17-24(23)25(30)11-10-22-15-29-27(14-20(22)2)35-19-36-29/h5-11,14-17,25H,4,12-13,18-19H2,1-3H3/b11-10+. The van der Waals surface area contributed by atoms with Gasteiger partial charge in [-0.25, -0.2) is 8.42 Å². The molecule has 0 N–H and O–H groups in total. The number of ether oxygens (including phenoxy) is 4. The molecular formula is C29H31NO6S. The number of benzene rings is 3. The molecule has 0 saturated heterocycles. The first kappa shape index (κ1) is 25.2. The Morgan fingerprint density at radius 2 is 1.81 bits per heavy atom. The van der Waals surface area contributed by atoms with E-state index in [9.17, 15) is 8.42 Å². The molecule has 0 bridgehead atoms. The van der Waals surface area contributed by atoms with Crippen LogP contribution in [-0.4, -0.2) is 38.9 Å². The lowest BCUT2D eigenvalue weighted by atomic mass is 9.92. The Bertz CT molecular complexity index is 1420. The highest BCUT2D eigenvalue weighted by Gasteiger charge is 2.34. The summed E-state index contributed by atoms with van der Waals surface area (Å²) in [6.07, 6.45) is 4.49. The van der Waals surface area contributed by atoms with Crippen molar-refractivity contribution in [3.63, 3.8) is 0 Å². The molecule has 2 aliphatic rings. The van der Waals surface area contributed by atoms with Crippen LogP contribution in [0.2, 0.25) is 0 Å². The number of sulfonamides is 1. The number of methoxy groups -OCH3 is 1. The minimum Gasteiger partial charge on any atom is -0.493 e. The molecule has 0 radical (unpaired) electrons. The van der Waals surface area contributed by atoms with Gasteiger partial charge in [-0.3, -0.25) is 0 Å². The lowest BCUT2D eigenvalue weighted by molar-refractivity contribution is 0.174. The van der Waals surface area contributed by atoms with Crippen LogP contribution in [0.4, 0.5) is 0 Å². The third kappa shape index (κ3) is 5.17. The molecule has 0 saturated carbocycles. The van der Waals surface area contributed by atoms with Crippen molar-refractivity contribution in [1.29, 1.82) is 0 Å². The van der Waals surface area contributed by atoms with Crippen LogP contribution in [0.25, 0.3) is 6.08 Å². The summed E-state index contributed by atoms with van der Waals surface area (Å²) in [6.45, 7) is 4.68. The third-order valence-corrected chi connectivity index (χ3v) is 8.69. The van der Waals surface area contributed by atoms with Crippen molar-refractivity contribution in [1.82, 2.24) is 4.31 Å². The van der Waals surface area contributed by atoms with Crippen LogP contribution in [0, 0.1) is 6.92 Å². The number of nitrogens with zero attached hydrogens (tertiary/aromatic N) is 1. The summed E-state index contributed by atoms with van der Waals surface area (Å²) in [5.74, 6) is 2.66. The number of rotatable bonds is 8. The van der Waals surface area contributed by atoms with Gasteiger partial charge in [0.25, 0.3) is 0 Å². The van der Waals surface area contributed by atoms with Gasteiger partial charge in [0.05, 0.1) is 18.9 Å². The van der Waals surface area contributed by atoms with Crippen molar-refractivity contribution >= 4 is 16.1 Å². The zero-order valence-electron chi connectivity index (χ0n) is 21.3. The van der Waals surface area contributed by atoms with Crippen LogP contribution in [-0.2, 0) is 23.1 Å². The SMILES string of the molecule is CCS(=O)(=O)N1CCc2cc(OCc3ccccc3)c(OC)cc2C1/C=C/c1cc2c(cc1C)OCO2. The van der Waals surface area contributed by atoms with Crippen LogP contribution < -0.4 is 18.9 Å². The first-order valence-corrected chi connectivity index (χ1v) is 14.0. The molecule has 194 valence electrons. The summed E-state index contributed by atoms with van der Waals surface area (Å²) >= 11 is 0. The number of hydrogen-bond acceptors (Lipinski definition) is 6. The molecule has 3 aromatic carbocycles. The van der Waals surface area contributed by atoms with Crippen LogP contribution in [0.3, 0.4) is 0 Å². The highest BCUT2D eigenvalue weighted by Crippen LogP contribution is 2.41. The van der Waals surface area contributed by atoms with E-state index in [2.05, 4.69) is 0 Å². The molecule has 0 fully saturated rings. The first-order chi connectivity index (χ1) is 17.9. The molecule has 2 heterocycles. The number of aryl methyl sites for hydroxylation is 1. The lowest BCUT2D eigenvalue weighted by Gasteiger charge is -2.35. The van der Waals surface area contributed by atoms with E-state index in [1.807, 2.05) is 73.7 Å². The Hall–Kier alpha value is -3.49. The average molecular weight is 522 g/mol. The summed E-state index contributed by atoms with van der Waals surface area (Å²) in [7, 11) is -1.85. The molecule has 1 unspecified atom stereocenters. The third-order valence-electron chi connectivity index (χ3n) is 6.83. The Balaban J connectivity index is 1.51. The Labute approximate surface area is 218 Å². The normalized spacial score (nSPS) is 17.1. The van der Waals surface area contributed by atoms with Crippen molar-refractivity contribution < 1.29 is 27.4 Å². The van der Waals surface area contributed by atoms with Crippen LogP contribution in [0.5, 0.6) is 23.0 Å². The molecule has 0 spiro atoms. The van der Waals surface area contributed by atoms with E-state index in [4.69, 9.17) is 18.9 Å². The molecule has 0 aromatic heterocycles. The van der Waals surface area contributed by atoms with Crippen LogP contribution in [0.15, 0.2) is 60.7 Å². The average Bonchev–Trinajstić information content (AvgIpc) is 3.37. The van der Waals surface area contributed by atoms with E-state index in [-0.39, 0.29) is 12.5 Å². The van der Waals surface area contributed by atoms with Gasteiger partial charge in [-0.1, -0.05) is 42.5 Å². The molecule has 0 amide bonds. The molecule has 2 aliphatic heterocycles. The second-order valence-corrected chi connectivity index (χ2v) is 11.3. The summed E-state index contributed by atoms with van der Waals surface area (Å²) < 4.78 is 50.6. The van der Waals surface area contributed by atoms with Gasteiger partial charge < -0.3 is 18.9 Å². The van der Waals surface area contributed by atoms with E-state index in [1.54, 1.807) is 18.3 Å². The molecule has 7 nitrogen and oxygen atoms in total. The highest BCUT2D eigenvalue weighted by atomic mass is 32.2. The van der Waals surface area contributed by atoms with Gasteiger partial charge in [-0.15, -0.1) is 0 Å². The summed E-state index contributed by atoms with van der Waals surface area (Å²) in [4.78, 5) is 0. The molecule has 37 heavy (non-hydrogen) atoms. The van der Waals surface area contributed by atoms with Gasteiger partial charge in [0, 0.05) is 6.54 Å². The monoisotopic (exact) mass is 521 g/mol. The fraction of sp³-hybridized carbons (Fsp3) is 0.310. The maximum absolute atomic E-state index is 13.1. The molecule has 1 atom stereocenters. The van der Waals surface area contributed by atoms with Crippen LogP contribution in [0.1, 0.15) is 40.8 Å². The van der Waals surface area contributed by atoms with Gasteiger partial charge >= 0.3 is 0 Å². The maximum atomic E-state index is 13.1. The van der Waals surface area contributed by atoms with Gasteiger partial charge in [-0.05, 0) is 72.4 Å².